The molecule has 3 rings (SSSR count). The smallest absolute Gasteiger partial charge is 0.271 e. The van der Waals surface area contributed by atoms with Crippen molar-refractivity contribution >= 4 is 11.6 Å². The number of rotatable bonds is 5. The molecule has 5 nitrogen and oxygen atoms in total. The molecule has 1 aliphatic heterocycles. The van der Waals surface area contributed by atoms with Crippen LogP contribution in [0.1, 0.15) is 35.4 Å². The minimum atomic E-state index is 0.101. The second-order valence-electron chi connectivity index (χ2n) is 4.93. The Bertz CT molecular complexity index is 605. The van der Waals surface area contributed by atoms with Gasteiger partial charge in [0.05, 0.1) is 18.4 Å². The van der Waals surface area contributed by atoms with E-state index >= 15 is 0 Å². The van der Waals surface area contributed by atoms with Gasteiger partial charge in [0.1, 0.15) is 11.3 Å². The number of hydrogen-bond donors (Lipinski definition) is 1. The van der Waals surface area contributed by atoms with E-state index in [-0.39, 0.29) is 5.91 Å². The summed E-state index contributed by atoms with van der Waals surface area (Å²) in [5.41, 5.74) is 8.14. The number of amides is 1. The van der Waals surface area contributed by atoms with Crippen LogP contribution in [0.5, 0.6) is 0 Å². The highest BCUT2D eigenvalue weighted by molar-refractivity contribution is 5.94. The van der Waals surface area contributed by atoms with Crippen molar-refractivity contribution in [2.45, 2.75) is 25.8 Å². The number of carbonyl (C=O) groups is 1. The van der Waals surface area contributed by atoms with Crippen molar-refractivity contribution in [3.05, 3.63) is 35.8 Å². The normalized spacial score (nSPS) is 14.4. The molecule has 0 bridgehead atoms. The van der Waals surface area contributed by atoms with E-state index in [1.807, 2.05) is 33.7 Å². The Morgan fingerprint density at radius 3 is 3.00 bits per heavy atom. The molecule has 2 aromatic rings. The van der Waals surface area contributed by atoms with E-state index in [4.69, 9.17) is 5.73 Å². The summed E-state index contributed by atoms with van der Waals surface area (Å²) < 4.78 is 1.96. The predicted molar refractivity (Wildman–Crippen MR) is 72.8 cm³/mol. The summed E-state index contributed by atoms with van der Waals surface area (Å²) in [6.07, 6.45) is 4.96. The summed E-state index contributed by atoms with van der Waals surface area (Å²) in [6.45, 7) is 2.17. The molecule has 3 heterocycles. The number of aromatic nitrogens is 2. The van der Waals surface area contributed by atoms with E-state index in [0.717, 1.165) is 49.4 Å². The van der Waals surface area contributed by atoms with E-state index in [9.17, 15) is 4.79 Å². The van der Waals surface area contributed by atoms with Crippen LogP contribution in [-0.4, -0.2) is 33.3 Å². The van der Waals surface area contributed by atoms with Crippen molar-refractivity contribution in [2.75, 3.05) is 13.1 Å². The van der Waals surface area contributed by atoms with Gasteiger partial charge in [0.25, 0.3) is 5.91 Å². The third-order valence-corrected chi connectivity index (χ3v) is 3.59. The van der Waals surface area contributed by atoms with Crippen molar-refractivity contribution in [3.63, 3.8) is 0 Å². The molecule has 1 aliphatic rings. The average Bonchev–Trinajstić information content (AvgIpc) is 2.84. The van der Waals surface area contributed by atoms with Gasteiger partial charge in [-0.1, -0.05) is 12.5 Å². The van der Waals surface area contributed by atoms with Crippen molar-refractivity contribution in [1.82, 2.24) is 14.3 Å². The Morgan fingerprint density at radius 2 is 2.16 bits per heavy atom. The fourth-order valence-corrected chi connectivity index (χ4v) is 2.61. The average molecular weight is 258 g/mol. The lowest BCUT2D eigenvalue weighted by Crippen LogP contribution is -2.37. The lowest BCUT2D eigenvalue weighted by molar-refractivity contribution is 0.0711. The maximum absolute atomic E-state index is 12.4. The summed E-state index contributed by atoms with van der Waals surface area (Å²) >= 11 is 0. The predicted octanol–water partition coefficient (Wildman–Crippen LogP) is 1.42. The van der Waals surface area contributed by atoms with Gasteiger partial charge in [0, 0.05) is 6.54 Å². The van der Waals surface area contributed by atoms with Crippen LogP contribution in [0, 0.1) is 0 Å². The third-order valence-electron chi connectivity index (χ3n) is 3.59. The molecule has 0 spiro atoms. The monoisotopic (exact) mass is 258 g/mol. The first-order chi connectivity index (χ1) is 9.31. The molecular formula is C14H18N4O. The van der Waals surface area contributed by atoms with Gasteiger partial charge in [0.2, 0.25) is 0 Å². The van der Waals surface area contributed by atoms with Gasteiger partial charge in [-0.25, -0.2) is 4.98 Å². The van der Waals surface area contributed by atoms with Crippen LogP contribution in [0.15, 0.2) is 24.4 Å². The highest BCUT2D eigenvalue weighted by Crippen LogP contribution is 2.20. The second kappa shape index (κ2) is 5.01. The van der Waals surface area contributed by atoms with Crippen LogP contribution in [-0.2, 0) is 6.54 Å². The highest BCUT2D eigenvalue weighted by Gasteiger charge is 2.25. The topological polar surface area (TPSA) is 63.6 Å². The first-order valence-corrected chi connectivity index (χ1v) is 6.76. The van der Waals surface area contributed by atoms with Crippen LogP contribution < -0.4 is 5.73 Å². The van der Waals surface area contributed by atoms with Gasteiger partial charge in [0.15, 0.2) is 0 Å². The summed E-state index contributed by atoms with van der Waals surface area (Å²) in [5.74, 6) is 0.101. The molecule has 0 radical (unpaired) electrons. The first-order valence-electron chi connectivity index (χ1n) is 6.76. The molecule has 2 aromatic heterocycles. The molecule has 0 saturated carbocycles. The SMILES string of the molecule is NCCCCCN1Cc2cnc3cccc(n23)C1=O. The van der Waals surface area contributed by atoms with E-state index < -0.39 is 0 Å². The van der Waals surface area contributed by atoms with Gasteiger partial charge in [-0.15, -0.1) is 0 Å². The molecule has 0 fully saturated rings. The Labute approximate surface area is 112 Å². The molecule has 1 amide bonds. The molecule has 0 unspecified atom stereocenters. The van der Waals surface area contributed by atoms with Crippen LogP contribution in [0.4, 0.5) is 0 Å². The van der Waals surface area contributed by atoms with Gasteiger partial charge in [-0.05, 0) is 31.5 Å². The van der Waals surface area contributed by atoms with E-state index in [0.29, 0.717) is 6.54 Å². The largest absolute Gasteiger partial charge is 0.331 e. The van der Waals surface area contributed by atoms with Gasteiger partial charge in [-0.2, -0.15) is 0 Å². The molecule has 19 heavy (non-hydrogen) atoms. The van der Waals surface area contributed by atoms with Gasteiger partial charge in [-0.3, -0.25) is 9.20 Å². The van der Waals surface area contributed by atoms with E-state index in [2.05, 4.69) is 4.98 Å². The Morgan fingerprint density at radius 1 is 1.26 bits per heavy atom. The molecule has 0 aromatic carbocycles. The number of carbonyl (C=O) groups excluding carboxylic acids is 1. The number of nitrogens with two attached hydrogens (primary N) is 1. The molecule has 100 valence electrons. The zero-order chi connectivity index (χ0) is 13.2. The molecule has 5 heteroatoms. The van der Waals surface area contributed by atoms with Crippen LogP contribution in [0.2, 0.25) is 0 Å². The molecule has 0 saturated heterocycles. The lowest BCUT2D eigenvalue weighted by Gasteiger charge is -2.27. The molecule has 0 atom stereocenters. The third kappa shape index (κ3) is 2.10. The molecule has 2 N–H and O–H groups in total. The quantitative estimate of drug-likeness (QED) is 0.825. The molecular weight excluding hydrogens is 240 g/mol. The van der Waals surface area contributed by atoms with Crippen molar-refractivity contribution in [1.29, 1.82) is 0 Å². The Hall–Kier alpha value is -1.88. The van der Waals surface area contributed by atoms with Gasteiger partial charge < -0.3 is 10.6 Å². The van der Waals surface area contributed by atoms with Crippen molar-refractivity contribution < 1.29 is 4.79 Å². The van der Waals surface area contributed by atoms with E-state index in [1.54, 1.807) is 0 Å². The zero-order valence-corrected chi connectivity index (χ0v) is 10.9. The maximum atomic E-state index is 12.4. The second-order valence-corrected chi connectivity index (χ2v) is 4.93. The summed E-state index contributed by atoms with van der Waals surface area (Å²) in [6, 6.07) is 5.68. The highest BCUT2D eigenvalue weighted by atomic mass is 16.2. The molecule has 0 aliphatic carbocycles. The standard InChI is InChI=1S/C14H18N4O/c15-7-2-1-3-8-17-10-11-9-16-13-6-4-5-12(14(17)19)18(11)13/h4-6,9H,1-3,7-8,10,15H2. The van der Waals surface area contributed by atoms with Crippen LogP contribution >= 0.6 is 0 Å². The zero-order valence-electron chi connectivity index (χ0n) is 10.9. The number of unbranched alkanes of at least 4 members (excludes halogenated alkanes) is 2. The van der Waals surface area contributed by atoms with E-state index in [1.165, 1.54) is 0 Å². The minimum Gasteiger partial charge on any atom is -0.331 e. The van der Waals surface area contributed by atoms with Gasteiger partial charge >= 0.3 is 0 Å². The number of hydrogen-bond acceptors (Lipinski definition) is 3. The van der Waals surface area contributed by atoms with Crippen molar-refractivity contribution in [2.24, 2.45) is 5.73 Å². The number of imidazole rings is 1. The number of nitrogens with zero attached hydrogens (tertiary/aromatic N) is 3. The fourth-order valence-electron chi connectivity index (χ4n) is 2.61. The first kappa shape index (κ1) is 12.2. The Kier molecular flexibility index (Phi) is 3.21. The minimum absolute atomic E-state index is 0.101. The van der Waals surface area contributed by atoms with Crippen LogP contribution in [0.3, 0.4) is 0 Å². The van der Waals surface area contributed by atoms with Crippen molar-refractivity contribution in [3.8, 4) is 0 Å². The van der Waals surface area contributed by atoms with Crippen LogP contribution in [0.25, 0.3) is 5.65 Å². The Balaban J connectivity index is 1.80. The number of pyridine rings is 1. The summed E-state index contributed by atoms with van der Waals surface area (Å²) in [4.78, 5) is 18.7. The summed E-state index contributed by atoms with van der Waals surface area (Å²) in [5, 5.41) is 0. The maximum Gasteiger partial charge on any atom is 0.271 e. The fraction of sp³-hybridized carbons (Fsp3) is 0.429. The summed E-state index contributed by atoms with van der Waals surface area (Å²) in [7, 11) is 0. The lowest BCUT2D eigenvalue weighted by atomic mass is 10.2.